The predicted octanol–water partition coefficient (Wildman–Crippen LogP) is 1.49. The molecule has 2 aromatic rings. The van der Waals surface area contributed by atoms with E-state index in [-0.39, 0.29) is 12.5 Å². The van der Waals surface area contributed by atoms with E-state index in [1.807, 2.05) is 17.5 Å². The molecule has 22 heavy (non-hydrogen) atoms. The van der Waals surface area contributed by atoms with Crippen molar-refractivity contribution in [2.75, 3.05) is 19.7 Å². The Balaban J connectivity index is 1.79. The highest BCUT2D eigenvalue weighted by Crippen LogP contribution is 2.28. The van der Waals surface area contributed by atoms with Crippen LogP contribution < -0.4 is 0 Å². The first kappa shape index (κ1) is 15.2. The molecule has 0 spiro atoms. The number of likely N-dealkylation sites (tertiary alicyclic amines) is 1. The molecule has 3 heterocycles. The van der Waals surface area contributed by atoms with Crippen LogP contribution in [0.1, 0.15) is 29.6 Å². The second-order valence-corrected chi connectivity index (χ2v) is 6.61. The van der Waals surface area contributed by atoms with Gasteiger partial charge in [-0.1, -0.05) is 6.07 Å². The fourth-order valence-electron chi connectivity index (χ4n) is 2.77. The summed E-state index contributed by atoms with van der Waals surface area (Å²) in [5.74, 6) is -0.0839. The molecule has 2 aromatic heterocycles. The largest absolute Gasteiger partial charge is 0.393 e. The van der Waals surface area contributed by atoms with Crippen molar-refractivity contribution in [3.05, 3.63) is 29.3 Å². The topological polar surface area (TPSA) is 89.5 Å². The van der Waals surface area contributed by atoms with Gasteiger partial charge in [0.25, 0.3) is 5.91 Å². The number of aromatic amines is 1. The monoisotopic (exact) mass is 321 g/mol. The number of hydrogen-bond donors (Lipinski definition) is 3. The lowest BCUT2D eigenvalue weighted by atomic mass is 9.96. The van der Waals surface area contributed by atoms with Gasteiger partial charge in [0.05, 0.1) is 34.5 Å². The van der Waals surface area contributed by atoms with Crippen molar-refractivity contribution in [2.24, 2.45) is 0 Å². The number of amides is 1. The molecule has 1 fully saturated rings. The van der Waals surface area contributed by atoms with Gasteiger partial charge in [-0.05, 0) is 30.7 Å². The smallest absolute Gasteiger partial charge is 0.257 e. The summed E-state index contributed by atoms with van der Waals surface area (Å²) in [5.41, 5.74) is 0.223. The molecule has 1 atom stereocenters. The molecule has 1 aliphatic rings. The number of thiophene rings is 1. The summed E-state index contributed by atoms with van der Waals surface area (Å²) in [7, 11) is 0. The molecule has 7 heteroatoms. The standard InChI is InChI=1S/C15H19N3O3S/c19-10-15(21)4-2-6-18(7-5-15)14(20)11-9-16-17-13(11)12-3-1-8-22-12/h1,3,8-9,19,21H,2,4-7,10H2,(H,16,17)/t15-/m0/s1. The van der Waals surface area contributed by atoms with Crippen LogP contribution in [0.3, 0.4) is 0 Å². The minimum absolute atomic E-state index is 0.0839. The number of carbonyl (C=O) groups is 1. The number of carbonyl (C=O) groups excluding carboxylic acids is 1. The first-order valence-corrected chi connectivity index (χ1v) is 8.21. The molecule has 1 amide bonds. The summed E-state index contributed by atoms with van der Waals surface area (Å²) in [6.45, 7) is 0.752. The van der Waals surface area contributed by atoms with Crippen molar-refractivity contribution in [1.82, 2.24) is 15.1 Å². The van der Waals surface area contributed by atoms with Gasteiger partial charge in [0, 0.05) is 13.1 Å². The molecule has 0 bridgehead atoms. The summed E-state index contributed by atoms with van der Waals surface area (Å²) < 4.78 is 0. The summed E-state index contributed by atoms with van der Waals surface area (Å²) in [6, 6.07) is 3.88. The third-order valence-corrected chi connectivity index (χ3v) is 5.02. The van der Waals surface area contributed by atoms with E-state index < -0.39 is 5.60 Å². The van der Waals surface area contributed by atoms with Gasteiger partial charge >= 0.3 is 0 Å². The minimum atomic E-state index is -1.07. The number of hydrogen-bond acceptors (Lipinski definition) is 5. The van der Waals surface area contributed by atoms with Crippen LogP contribution in [0.2, 0.25) is 0 Å². The van der Waals surface area contributed by atoms with Crippen LogP contribution in [0.15, 0.2) is 23.7 Å². The van der Waals surface area contributed by atoms with Crippen LogP contribution in [0.25, 0.3) is 10.6 Å². The molecule has 0 radical (unpaired) electrons. The molecular weight excluding hydrogens is 302 g/mol. The molecular formula is C15H19N3O3S. The van der Waals surface area contributed by atoms with E-state index in [9.17, 15) is 15.0 Å². The van der Waals surface area contributed by atoms with Gasteiger partial charge in [-0.15, -0.1) is 11.3 Å². The average molecular weight is 321 g/mol. The Morgan fingerprint density at radius 3 is 3.05 bits per heavy atom. The Hall–Kier alpha value is -1.70. The molecule has 3 rings (SSSR count). The molecule has 0 aromatic carbocycles. The Labute approximate surface area is 132 Å². The van der Waals surface area contributed by atoms with E-state index in [1.165, 1.54) is 0 Å². The van der Waals surface area contributed by atoms with Crippen LogP contribution >= 0.6 is 11.3 Å². The summed E-state index contributed by atoms with van der Waals surface area (Å²) in [5, 5.41) is 28.3. The van der Waals surface area contributed by atoms with Gasteiger partial charge < -0.3 is 15.1 Å². The molecule has 0 saturated carbocycles. The maximum Gasteiger partial charge on any atom is 0.257 e. The fraction of sp³-hybridized carbons (Fsp3) is 0.467. The predicted molar refractivity (Wildman–Crippen MR) is 83.7 cm³/mol. The van der Waals surface area contributed by atoms with Crippen molar-refractivity contribution in [2.45, 2.75) is 24.9 Å². The normalized spacial score (nSPS) is 22.5. The van der Waals surface area contributed by atoms with Gasteiger partial charge in [0.15, 0.2) is 0 Å². The number of H-pyrrole nitrogens is 1. The van der Waals surface area contributed by atoms with Gasteiger partial charge in [0.2, 0.25) is 0 Å². The molecule has 6 nitrogen and oxygen atoms in total. The molecule has 3 N–H and O–H groups in total. The van der Waals surface area contributed by atoms with Crippen molar-refractivity contribution in [1.29, 1.82) is 0 Å². The molecule has 0 aliphatic carbocycles. The average Bonchev–Trinajstić information content (AvgIpc) is 3.16. The lowest BCUT2D eigenvalue weighted by Crippen LogP contribution is -2.36. The number of aliphatic hydroxyl groups is 2. The van der Waals surface area contributed by atoms with Crippen molar-refractivity contribution in [3.8, 4) is 10.6 Å². The number of nitrogens with one attached hydrogen (secondary N) is 1. The summed E-state index contributed by atoms with van der Waals surface area (Å²) >= 11 is 1.55. The zero-order valence-corrected chi connectivity index (χ0v) is 13.0. The van der Waals surface area contributed by atoms with Crippen molar-refractivity contribution in [3.63, 3.8) is 0 Å². The van der Waals surface area contributed by atoms with E-state index in [4.69, 9.17) is 0 Å². The number of nitrogens with zero attached hydrogens (tertiary/aromatic N) is 2. The van der Waals surface area contributed by atoms with Gasteiger partial charge in [-0.2, -0.15) is 5.10 Å². The van der Waals surface area contributed by atoms with Crippen LogP contribution in [-0.2, 0) is 0 Å². The second kappa shape index (κ2) is 6.20. The quantitative estimate of drug-likeness (QED) is 0.799. The Bertz CT molecular complexity index is 640. The lowest BCUT2D eigenvalue weighted by Gasteiger charge is -2.24. The van der Waals surface area contributed by atoms with E-state index >= 15 is 0 Å². The second-order valence-electron chi connectivity index (χ2n) is 5.66. The number of rotatable bonds is 3. The van der Waals surface area contributed by atoms with E-state index in [0.717, 1.165) is 10.6 Å². The Morgan fingerprint density at radius 1 is 1.45 bits per heavy atom. The maximum absolute atomic E-state index is 12.8. The van der Waals surface area contributed by atoms with Crippen molar-refractivity contribution >= 4 is 17.2 Å². The van der Waals surface area contributed by atoms with Gasteiger partial charge in [-0.25, -0.2) is 0 Å². The minimum Gasteiger partial charge on any atom is -0.393 e. The van der Waals surface area contributed by atoms with Crippen LogP contribution in [-0.4, -0.2) is 56.5 Å². The SMILES string of the molecule is O=C(c1cn[nH]c1-c1cccs1)N1CCC[C@@](O)(CO)CC1. The molecule has 1 saturated heterocycles. The van der Waals surface area contributed by atoms with E-state index in [0.29, 0.717) is 37.9 Å². The van der Waals surface area contributed by atoms with Crippen molar-refractivity contribution < 1.29 is 15.0 Å². The highest BCUT2D eigenvalue weighted by Gasteiger charge is 2.32. The zero-order chi connectivity index (χ0) is 15.6. The van der Waals surface area contributed by atoms with Crippen LogP contribution in [0.5, 0.6) is 0 Å². The third-order valence-electron chi connectivity index (χ3n) is 4.14. The Morgan fingerprint density at radius 2 is 2.32 bits per heavy atom. The zero-order valence-electron chi connectivity index (χ0n) is 12.2. The van der Waals surface area contributed by atoms with Gasteiger partial charge in [0.1, 0.15) is 0 Å². The van der Waals surface area contributed by atoms with E-state index in [2.05, 4.69) is 10.2 Å². The highest BCUT2D eigenvalue weighted by atomic mass is 32.1. The first-order valence-electron chi connectivity index (χ1n) is 7.33. The summed E-state index contributed by atoms with van der Waals surface area (Å²) in [6.07, 6.45) is 3.13. The number of aliphatic hydroxyl groups excluding tert-OH is 1. The molecule has 0 unspecified atom stereocenters. The number of aromatic nitrogens is 2. The van der Waals surface area contributed by atoms with Gasteiger partial charge in [-0.3, -0.25) is 9.89 Å². The summed E-state index contributed by atoms with van der Waals surface area (Å²) in [4.78, 5) is 15.5. The van der Waals surface area contributed by atoms with Crippen LogP contribution in [0, 0.1) is 0 Å². The molecule has 118 valence electrons. The Kier molecular flexibility index (Phi) is 4.28. The highest BCUT2D eigenvalue weighted by molar-refractivity contribution is 7.13. The van der Waals surface area contributed by atoms with Crippen LogP contribution in [0.4, 0.5) is 0 Å². The lowest BCUT2D eigenvalue weighted by molar-refractivity contribution is -0.0250. The van der Waals surface area contributed by atoms with E-state index in [1.54, 1.807) is 22.4 Å². The fourth-order valence-corrected chi connectivity index (χ4v) is 3.50. The molecule has 1 aliphatic heterocycles. The first-order chi connectivity index (χ1) is 10.6. The third kappa shape index (κ3) is 2.92. The maximum atomic E-state index is 12.8.